The molecule has 0 N–H and O–H groups in total. The largest absolute Gasteiger partial charge is 0.308 e. The first-order chi connectivity index (χ1) is 10.6. The van der Waals surface area contributed by atoms with Crippen molar-refractivity contribution in [3.63, 3.8) is 0 Å². The van der Waals surface area contributed by atoms with Crippen LogP contribution in [-0.2, 0) is 6.54 Å². The summed E-state index contributed by atoms with van der Waals surface area (Å²) in [4.78, 5) is 11.5. The molecule has 7 heteroatoms. The Balaban J connectivity index is 2.10. The first-order valence-corrected chi connectivity index (χ1v) is 6.58. The highest BCUT2D eigenvalue weighted by atomic mass is 35.5. The third-order valence-corrected chi connectivity index (χ3v) is 3.44. The molecule has 0 saturated heterocycles. The van der Waals surface area contributed by atoms with E-state index in [1.165, 1.54) is 12.3 Å². The molecule has 0 aliphatic rings. The molecule has 0 radical (unpaired) electrons. The molecule has 0 amide bonds. The summed E-state index contributed by atoms with van der Waals surface area (Å²) < 4.78 is 15.2. The molecule has 0 saturated carbocycles. The van der Waals surface area contributed by atoms with Crippen LogP contribution in [0.5, 0.6) is 0 Å². The minimum absolute atomic E-state index is 0.131. The lowest BCUT2D eigenvalue weighted by molar-refractivity contribution is 0.628. The molecule has 2 heterocycles. The predicted molar refractivity (Wildman–Crippen MR) is 79.0 cm³/mol. The predicted octanol–water partition coefficient (Wildman–Crippen LogP) is 3.69. The van der Waals surface area contributed by atoms with Gasteiger partial charge in [0.2, 0.25) is 11.0 Å². The van der Waals surface area contributed by atoms with Crippen molar-refractivity contribution in [2.24, 2.45) is 0 Å². The van der Waals surface area contributed by atoms with E-state index in [2.05, 4.69) is 14.8 Å². The van der Waals surface area contributed by atoms with Crippen LogP contribution in [-0.4, -0.2) is 14.5 Å². The van der Waals surface area contributed by atoms with E-state index in [1.807, 2.05) is 6.07 Å². The van der Waals surface area contributed by atoms with Crippen molar-refractivity contribution >= 4 is 28.3 Å². The highest BCUT2D eigenvalue weighted by molar-refractivity contribution is 6.29. The van der Waals surface area contributed by atoms with Gasteiger partial charge in [-0.3, -0.25) is 4.98 Å². The van der Waals surface area contributed by atoms with Gasteiger partial charge in [0.1, 0.15) is 17.4 Å². The van der Waals surface area contributed by atoms with Gasteiger partial charge in [-0.1, -0.05) is 6.07 Å². The second-order valence-corrected chi connectivity index (χ2v) is 4.86. The standard InChI is InChI=1S/C15H7ClFN5/c1-19-11-2-3-12(20-7-11)8-22-13-5-10(17)4-9(6-18)14(13)21-15(22)16/h2-5,7H,8H2. The number of pyridine rings is 1. The van der Waals surface area contributed by atoms with Gasteiger partial charge in [-0.05, 0) is 29.8 Å². The second kappa shape index (κ2) is 5.44. The fourth-order valence-corrected chi connectivity index (χ4v) is 2.37. The maximum Gasteiger partial charge on any atom is 0.205 e. The average molecular weight is 312 g/mol. The van der Waals surface area contributed by atoms with Gasteiger partial charge >= 0.3 is 0 Å². The van der Waals surface area contributed by atoms with Crippen LogP contribution in [0.3, 0.4) is 0 Å². The third-order valence-electron chi connectivity index (χ3n) is 3.15. The van der Waals surface area contributed by atoms with Crippen LogP contribution in [0.25, 0.3) is 15.9 Å². The number of hydrogen-bond donors (Lipinski definition) is 0. The number of rotatable bonds is 2. The molecule has 5 nitrogen and oxygen atoms in total. The third kappa shape index (κ3) is 2.37. The average Bonchev–Trinajstić information content (AvgIpc) is 2.83. The number of halogens is 2. The Labute approximate surface area is 130 Å². The van der Waals surface area contributed by atoms with Gasteiger partial charge in [-0.15, -0.1) is 0 Å². The highest BCUT2D eigenvalue weighted by Gasteiger charge is 2.15. The highest BCUT2D eigenvalue weighted by Crippen LogP contribution is 2.25. The molecular weight excluding hydrogens is 305 g/mol. The number of nitrogens with zero attached hydrogens (tertiary/aromatic N) is 5. The van der Waals surface area contributed by atoms with Crippen LogP contribution >= 0.6 is 11.6 Å². The summed E-state index contributed by atoms with van der Waals surface area (Å²) in [6, 6.07) is 7.65. The van der Waals surface area contributed by atoms with E-state index in [4.69, 9.17) is 23.4 Å². The molecule has 0 aliphatic heterocycles. The molecular formula is C15H7ClFN5. The first kappa shape index (κ1) is 14.0. The van der Waals surface area contributed by atoms with Gasteiger partial charge in [-0.2, -0.15) is 5.26 Å². The van der Waals surface area contributed by atoms with Gasteiger partial charge in [0.05, 0.1) is 29.9 Å². The molecule has 0 fully saturated rings. The molecule has 0 atom stereocenters. The zero-order valence-corrected chi connectivity index (χ0v) is 11.8. The summed E-state index contributed by atoms with van der Waals surface area (Å²) in [7, 11) is 0. The lowest BCUT2D eigenvalue weighted by Gasteiger charge is -2.05. The van der Waals surface area contributed by atoms with E-state index < -0.39 is 5.82 Å². The molecule has 3 rings (SSSR count). The lowest BCUT2D eigenvalue weighted by Crippen LogP contribution is -2.01. The fraction of sp³-hybridized carbons (Fsp3) is 0.0667. The van der Waals surface area contributed by atoms with E-state index >= 15 is 0 Å². The van der Waals surface area contributed by atoms with Crippen LogP contribution in [0.2, 0.25) is 5.28 Å². The molecule has 106 valence electrons. The van der Waals surface area contributed by atoms with Crippen LogP contribution in [0.4, 0.5) is 10.1 Å². The number of imidazole rings is 1. The van der Waals surface area contributed by atoms with Crippen LogP contribution in [0.15, 0.2) is 30.5 Å². The smallest absolute Gasteiger partial charge is 0.205 e. The molecule has 0 bridgehead atoms. The van der Waals surface area contributed by atoms with Gasteiger partial charge in [-0.25, -0.2) is 14.2 Å². The Bertz CT molecular complexity index is 947. The second-order valence-electron chi connectivity index (χ2n) is 4.52. The fourth-order valence-electron chi connectivity index (χ4n) is 2.13. The zero-order chi connectivity index (χ0) is 15.7. The van der Waals surface area contributed by atoms with Crippen LogP contribution in [0.1, 0.15) is 11.3 Å². The summed E-state index contributed by atoms with van der Waals surface area (Å²) in [6.45, 7) is 7.16. The Hall–Kier alpha value is -2.96. The first-order valence-electron chi connectivity index (χ1n) is 6.20. The van der Waals surface area contributed by atoms with E-state index in [9.17, 15) is 4.39 Å². The molecule has 22 heavy (non-hydrogen) atoms. The van der Waals surface area contributed by atoms with Gasteiger partial charge < -0.3 is 4.57 Å². The minimum atomic E-state index is -0.529. The summed E-state index contributed by atoms with van der Waals surface area (Å²) in [5, 5.41) is 9.20. The van der Waals surface area contributed by atoms with Crippen molar-refractivity contribution in [2.75, 3.05) is 0 Å². The van der Waals surface area contributed by atoms with Crippen molar-refractivity contribution < 1.29 is 4.39 Å². The Morgan fingerprint density at radius 3 is 2.86 bits per heavy atom. The topological polar surface area (TPSA) is 58.9 Å². The zero-order valence-electron chi connectivity index (χ0n) is 11.1. The van der Waals surface area contributed by atoms with Crippen LogP contribution in [0, 0.1) is 23.7 Å². The van der Waals surface area contributed by atoms with Gasteiger partial charge in [0.15, 0.2) is 0 Å². The monoisotopic (exact) mass is 311 g/mol. The van der Waals surface area contributed by atoms with E-state index in [0.717, 1.165) is 6.07 Å². The molecule has 0 aliphatic carbocycles. The van der Waals surface area contributed by atoms with Crippen molar-refractivity contribution in [3.8, 4) is 6.07 Å². The molecule has 2 aromatic heterocycles. The molecule has 3 aromatic rings. The van der Waals surface area contributed by atoms with Crippen LogP contribution < -0.4 is 0 Å². The van der Waals surface area contributed by atoms with Crippen molar-refractivity contribution in [1.82, 2.24) is 14.5 Å². The Kier molecular flexibility index (Phi) is 3.46. The molecule has 0 unspecified atom stereocenters. The maximum atomic E-state index is 13.6. The minimum Gasteiger partial charge on any atom is -0.308 e. The van der Waals surface area contributed by atoms with Crippen molar-refractivity contribution in [3.05, 3.63) is 64.2 Å². The van der Waals surface area contributed by atoms with E-state index in [0.29, 0.717) is 22.4 Å². The Morgan fingerprint density at radius 2 is 2.23 bits per heavy atom. The number of fused-ring (bicyclic) bond motifs is 1. The van der Waals surface area contributed by atoms with E-state index in [1.54, 1.807) is 16.7 Å². The summed E-state index contributed by atoms with van der Waals surface area (Å²) >= 11 is 6.10. The molecule has 0 spiro atoms. The number of hydrogen-bond acceptors (Lipinski definition) is 3. The number of nitriles is 1. The lowest BCUT2D eigenvalue weighted by atomic mass is 10.2. The number of aromatic nitrogens is 3. The van der Waals surface area contributed by atoms with Gasteiger partial charge in [0, 0.05) is 6.20 Å². The SMILES string of the molecule is [C-]#[N+]c1ccc(Cn2c(Cl)nc3c(C#N)cc(F)cc32)nc1. The normalized spacial score (nSPS) is 10.4. The quantitative estimate of drug-likeness (QED) is 0.678. The van der Waals surface area contributed by atoms with Gasteiger partial charge in [0.25, 0.3) is 0 Å². The summed E-state index contributed by atoms with van der Waals surface area (Å²) in [5.74, 6) is -0.529. The van der Waals surface area contributed by atoms with Crippen molar-refractivity contribution in [2.45, 2.75) is 6.54 Å². The van der Waals surface area contributed by atoms with Crippen molar-refractivity contribution in [1.29, 1.82) is 5.26 Å². The Morgan fingerprint density at radius 1 is 1.41 bits per heavy atom. The van der Waals surface area contributed by atoms with E-state index in [-0.39, 0.29) is 17.4 Å². The summed E-state index contributed by atoms with van der Waals surface area (Å²) in [5.41, 5.74) is 2.00. The number of benzene rings is 1. The molecule has 1 aromatic carbocycles. The summed E-state index contributed by atoms with van der Waals surface area (Å²) in [6.07, 6.45) is 1.46. The maximum absolute atomic E-state index is 13.6.